The van der Waals surface area contributed by atoms with Gasteiger partial charge in [-0.2, -0.15) is 0 Å². The van der Waals surface area contributed by atoms with Crippen molar-refractivity contribution in [3.63, 3.8) is 0 Å². The summed E-state index contributed by atoms with van der Waals surface area (Å²) in [4.78, 5) is 27.4. The maximum Gasteiger partial charge on any atom is 0.259 e. The molecule has 4 rings (SSSR count). The zero-order valence-corrected chi connectivity index (χ0v) is 22.6. The molecule has 1 aromatic rings. The van der Waals surface area contributed by atoms with Crippen LogP contribution in [0.4, 0.5) is 0 Å². The number of fused-ring (bicyclic) bond motifs is 1. The zero-order chi connectivity index (χ0) is 26.2. The average Bonchev–Trinajstić information content (AvgIpc) is 3.18. The number of aromatic hydroxyl groups is 1. The van der Waals surface area contributed by atoms with Gasteiger partial charge in [-0.3, -0.25) is 9.59 Å². The van der Waals surface area contributed by atoms with E-state index in [0.29, 0.717) is 17.5 Å². The van der Waals surface area contributed by atoms with Crippen molar-refractivity contribution < 1.29 is 14.7 Å². The van der Waals surface area contributed by atoms with Gasteiger partial charge < -0.3 is 10.4 Å². The minimum absolute atomic E-state index is 0.0248. The molecule has 6 atom stereocenters. The molecule has 3 aliphatic rings. The Kier molecular flexibility index (Phi) is 7.45. The number of hydrogen-bond acceptors (Lipinski definition) is 3. The monoisotopic (exact) mass is 487 g/mol. The Labute approximate surface area is 216 Å². The van der Waals surface area contributed by atoms with Gasteiger partial charge in [0.2, 0.25) is 0 Å². The third-order valence-corrected chi connectivity index (χ3v) is 8.71. The number of phenolic OH excluding ortho intramolecular Hbond substituents is 1. The van der Waals surface area contributed by atoms with Crippen LogP contribution in [0.3, 0.4) is 0 Å². The van der Waals surface area contributed by atoms with Gasteiger partial charge in [-0.15, -0.1) is 0 Å². The molecule has 1 saturated carbocycles. The summed E-state index contributed by atoms with van der Waals surface area (Å²) >= 11 is 0. The van der Waals surface area contributed by atoms with Gasteiger partial charge in [0.15, 0.2) is 5.78 Å². The molecular weight excluding hydrogens is 446 g/mol. The second kappa shape index (κ2) is 10.2. The number of allylic oxidation sites excluding steroid dienone is 5. The number of amides is 1. The summed E-state index contributed by atoms with van der Waals surface area (Å²) in [5.74, 6) is 0.933. The summed E-state index contributed by atoms with van der Waals surface area (Å²) in [6, 6.07) is 6.78. The molecule has 192 valence electrons. The minimum Gasteiger partial charge on any atom is -0.508 e. The Hall–Kier alpha value is -2.88. The Bertz CT molecular complexity index is 1150. The van der Waals surface area contributed by atoms with Crippen LogP contribution in [0, 0.1) is 35.0 Å². The van der Waals surface area contributed by atoms with Crippen LogP contribution in [0.2, 0.25) is 0 Å². The maximum absolute atomic E-state index is 14.3. The summed E-state index contributed by atoms with van der Waals surface area (Å²) in [6.45, 7) is 13.4. The van der Waals surface area contributed by atoms with Gasteiger partial charge in [0, 0.05) is 17.5 Å². The molecule has 0 aromatic heterocycles. The topological polar surface area (TPSA) is 66.4 Å². The highest BCUT2D eigenvalue weighted by Crippen LogP contribution is 2.56. The van der Waals surface area contributed by atoms with E-state index in [1.807, 2.05) is 6.08 Å². The number of rotatable bonds is 6. The Morgan fingerprint density at radius 1 is 1.25 bits per heavy atom. The van der Waals surface area contributed by atoms with Crippen LogP contribution >= 0.6 is 0 Å². The largest absolute Gasteiger partial charge is 0.508 e. The van der Waals surface area contributed by atoms with E-state index in [-0.39, 0.29) is 46.2 Å². The molecule has 2 aliphatic carbocycles. The van der Waals surface area contributed by atoms with E-state index in [2.05, 4.69) is 59.0 Å². The molecule has 4 nitrogen and oxygen atoms in total. The van der Waals surface area contributed by atoms with Crippen molar-refractivity contribution >= 4 is 17.8 Å². The second-order valence-corrected chi connectivity index (χ2v) is 11.8. The van der Waals surface area contributed by atoms with Crippen molar-refractivity contribution in [3.05, 3.63) is 70.5 Å². The number of ketones is 1. The first kappa shape index (κ1) is 26.2. The number of nitrogens with one attached hydrogen (secondary N) is 1. The Morgan fingerprint density at radius 3 is 2.61 bits per heavy atom. The normalized spacial score (nSPS) is 32.4. The van der Waals surface area contributed by atoms with Gasteiger partial charge in [0.25, 0.3) is 5.91 Å². The predicted molar refractivity (Wildman–Crippen MR) is 146 cm³/mol. The predicted octanol–water partition coefficient (Wildman–Crippen LogP) is 6.99. The highest BCUT2D eigenvalue weighted by Gasteiger charge is 2.52. The molecule has 0 bridgehead atoms. The average molecular weight is 488 g/mol. The number of benzene rings is 1. The molecule has 4 heteroatoms. The van der Waals surface area contributed by atoms with E-state index < -0.39 is 0 Å². The van der Waals surface area contributed by atoms with Gasteiger partial charge in [-0.1, -0.05) is 76.0 Å². The van der Waals surface area contributed by atoms with Crippen LogP contribution in [0.25, 0.3) is 6.08 Å². The lowest BCUT2D eigenvalue weighted by atomic mass is 9.52. The highest BCUT2D eigenvalue weighted by atomic mass is 16.3. The first-order chi connectivity index (χ1) is 17.0. The zero-order valence-electron chi connectivity index (χ0n) is 22.6. The van der Waals surface area contributed by atoms with E-state index in [1.54, 1.807) is 30.3 Å². The fourth-order valence-electron chi connectivity index (χ4n) is 6.97. The van der Waals surface area contributed by atoms with E-state index in [1.165, 1.54) is 11.1 Å². The number of Topliss-reactive ketones (excluding diaryl/α,β-unsaturated/α-hetero) is 1. The lowest BCUT2D eigenvalue weighted by Gasteiger charge is -2.52. The van der Waals surface area contributed by atoms with Crippen molar-refractivity contribution in [1.29, 1.82) is 0 Å². The van der Waals surface area contributed by atoms with Crippen molar-refractivity contribution in [1.82, 2.24) is 5.32 Å². The van der Waals surface area contributed by atoms with Gasteiger partial charge in [-0.25, -0.2) is 0 Å². The van der Waals surface area contributed by atoms with Crippen LogP contribution in [-0.4, -0.2) is 16.8 Å². The summed E-state index contributed by atoms with van der Waals surface area (Å²) in [5, 5.41) is 12.4. The molecule has 1 aromatic carbocycles. The molecular formula is C32H41NO3. The van der Waals surface area contributed by atoms with Crippen molar-refractivity contribution in [2.75, 3.05) is 0 Å². The number of carbonyl (C=O) groups is 2. The lowest BCUT2D eigenvalue weighted by molar-refractivity contribution is -0.128. The molecule has 36 heavy (non-hydrogen) atoms. The van der Waals surface area contributed by atoms with Gasteiger partial charge in [0.1, 0.15) is 5.75 Å². The van der Waals surface area contributed by atoms with E-state index in [0.717, 1.165) is 31.2 Å². The van der Waals surface area contributed by atoms with Crippen LogP contribution in [0.5, 0.6) is 5.75 Å². The minimum atomic E-state index is -0.314. The fourth-order valence-corrected chi connectivity index (χ4v) is 6.97. The summed E-state index contributed by atoms with van der Waals surface area (Å²) in [7, 11) is 0. The van der Waals surface area contributed by atoms with Crippen molar-refractivity contribution in [2.24, 2.45) is 35.0 Å². The summed E-state index contributed by atoms with van der Waals surface area (Å²) < 4.78 is 0. The molecule has 1 fully saturated rings. The Balaban J connectivity index is 1.75. The van der Waals surface area contributed by atoms with Gasteiger partial charge in [-0.05, 0) is 79.7 Å². The lowest BCUT2D eigenvalue weighted by Crippen LogP contribution is -2.48. The maximum atomic E-state index is 14.3. The third kappa shape index (κ3) is 5.14. The molecule has 1 heterocycles. The molecule has 1 aliphatic heterocycles. The molecule has 2 N–H and O–H groups in total. The van der Waals surface area contributed by atoms with Gasteiger partial charge >= 0.3 is 0 Å². The summed E-state index contributed by atoms with van der Waals surface area (Å²) in [5.41, 5.74) is 4.20. The number of carbonyl (C=O) groups excluding carboxylic acids is 2. The highest BCUT2D eigenvalue weighted by molar-refractivity contribution is 6.23. The fraction of sp³-hybridized carbons (Fsp3) is 0.500. The van der Waals surface area contributed by atoms with E-state index in [4.69, 9.17) is 0 Å². The SMILES string of the molecule is CCC(C)/C=C(\C)[C@H]1C(C)=C[C@@]2(C)C[C@@H](C)CC[C@@H]2[C@H]1C(=O)C1=C/C(=C\c2ccc(O)cc2)NC1=O. The van der Waals surface area contributed by atoms with Crippen LogP contribution in [0.15, 0.2) is 64.9 Å². The number of hydrogen-bond donors (Lipinski definition) is 2. The molecule has 0 radical (unpaired) electrons. The quantitative estimate of drug-likeness (QED) is 0.336. The molecule has 1 unspecified atom stereocenters. The second-order valence-electron chi connectivity index (χ2n) is 11.8. The summed E-state index contributed by atoms with van der Waals surface area (Å²) in [6.07, 6.45) is 12.6. The van der Waals surface area contributed by atoms with Crippen LogP contribution in [0.1, 0.15) is 72.8 Å². The first-order valence-electron chi connectivity index (χ1n) is 13.5. The molecule has 1 amide bonds. The van der Waals surface area contributed by atoms with Gasteiger partial charge in [0.05, 0.1) is 5.57 Å². The molecule has 0 spiro atoms. The van der Waals surface area contributed by atoms with Crippen molar-refractivity contribution in [3.8, 4) is 5.75 Å². The standard InChI is InChI=1S/C32H41NO3/c1-7-19(2)14-21(4)28-22(5)18-32(6)17-20(3)8-13-27(32)29(28)30(35)26-16-24(33-31(26)36)15-23-9-11-25(34)12-10-23/h9-12,14-16,18-20,27-29,34H,7-8,13,17H2,1-6H3,(H,33,36)/b21-14+,24-15+/t19?,20-,27+,28-,29+,32+/m0/s1. The van der Waals surface area contributed by atoms with Crippen LogP contribution in [-0.2, 0) is 9.59 Å². The van der Waals surface area contributed by atoms with Crippen LogP contribution < -0.4 is 5.32 Å². The Morgan fingerprint density at radius 2 is 1.94 bits per heavy atom. The molecule has 0 saturated heterocycles. The third-order valence-electron chi connectivity index (χ3n) is 8.71. The van der Waals surface area contributed by atoms with E-state index in [9.17, 15) is 14.7 Å². The van der Waals surface area contributed by atoms with E-state index >= 15 is 0 Å². The smallest absolute Gasteiger partial charge is 0.259 e. The number of phenols is 1. The van der Waals surface area contributed by atoms with Crippen molar-refractivity contribution in [2.45, 2.75) is 67.2 Å². The first-order valence-corrected chi connectivity index (χ1v) is 13.5.